The van der Waals surface area contributed by atoms with E-state index >= 15 is 0 Å². The van der Waals surface area contributed by atoms with Gasteiger partial charge in [-0.1, -0.05) is 20.8 Å². The monoisotopic (exact) mass is 126 g/mol. The lowest BCUT2D eigenvalue weighted by Crippen LogP contribution is -2.35. The van der Waals surface area contributed by atoms with E-state index < -0.39 is 0 Å². The Morgan fingerprint density at radius 3 is 2.44 bits per heavy atom. The van der Waals surface area contributed by atoms with E-state index in [9.17, 15) is 0 Å². The summed E-state index contributed by atoms with van der Waals surface area (Å²) in [5.41, 5.74) is 0.484. The van der Waals surface area contributed by atoms with E-state index in [0.29, 0.717) is 5.41 Å². The molecule has 1 heterocycles. The Morgan fingerprint density at radius 2 is 2.11 bits per heavy atom. The SMILES string of the molecule is CC1C[N]CC(C)(C)C1. The van der Waals surface area contributed by atoms with Crippen LogP contribution in [0.15, 0.2) is 0 Å². The van der Waals surface area contributed by atoms with Gasteiger partial charge in [-0.3, -0.25) is 0 Å². The summed E-state index contributed by atoms with van der Waals surface area (Å²) in [7, 11) is 0. The molecule has 1 radical (unpaired) electrons. The van der Waals surface area contributed by atoms with Crippen LogP contribution in [-0.2, 0) is 0 Å². The summed E-state index contributed by atoms with van der Waals surface area (Å²) in [5.74, 6) is 0.814. The van der Waals surface area contributed by atoms with Crippen molar-refractivity contribution in [3.63, 3.8) is 0 Å². The minimum Gasteiger partial charge on any atom is -0.241 e. The van der Waals surface area contributed by atoms with Gasteiger partial charge >= 0.3 is 0 Å². The molecule has 1 aliphatic heterocycles. The summed E-state index contributed by atoms with van der Waals surface area (Å²) in [4.78, 5) is 0. The first-order chi connectivity index (χ1) is 4.10. The number of nitrogens with zero attached hydrogens (tertiary/aromatic N) is 1. The van der Waals surface area contributed by atoms with E-state index in [-0.39, 0.29) is 0 Å². The molecule has 1 nitrogen and oxygen atoms in total. The van der Waals surface area contributed by atoms with Crippen LogP contribution in [0.4, 0.5) is 0 Å². The van der Waals surface area contributed by atoms with Gasteiger partial charge in [0.2, 0.25) is 0 Å². The lowest BCUT2D eigenvalue weighted by molar-refractivity contribution is 0.208. The maximum absolute atomic E-state index is 4.41. The van der Waals surface area contributed by atoms with E-state index in [1.807, 2.05) is 0 Å². The van der Waals surface area contributed by atoms with Crippen LogP contribution in [0, 0.1) is 11.3 Å². The van der Waals surface area contributed by atoms with Gasteiger partial charge in [-0.25, -0.2) is 5.32 Å². The number of hydrogen-bond donors (Lipinski definition) is 0. The third-order valence-corrected chi connectivity index (χ3v) is 1.88. The predicted molar refractivity (Wildman–Crippen MR) is 39.4 cm³/mol. The standard InChI is InChI=1S/C8H16N/c1-7-4-8(2,3)6-9-5-7/h7H,4-6H2,1-3H3. The highest BCUT2D eigenvalue weighted by molar-refractivity contribution is 4.79. The second kappa shape index (κ2) is 2.30. The summed E-state index contributed by atoms with van der Waals surface area (Å²) in [6.07, 6.45) is 1.34. The predicted octanol–water partition coefficient (Wildman–Crippen LogP) is 1.66. The molecule has 1 saturated heterocycles. The van der Waals surface area contributed by atoms with Crippen LogP contribution in [0.25, 0.3) is 0 Å². The van der Waals surface area contributed by atoms with E-state index in [2.05, 4.69) is 26.1 Å². The van der Waals surface area contributed by atoms with Gasteiger partial charge in [-0.05, 0) is 17.8 Å². The van der Waals surface area contributed by atoms with Gasteiger partial charge in [0.15, 0.2) is 0 Å². The highest BCUT2D eigenvalue weighted by Crippen LogP contribution is 2.27. The highest BCUT2D eigenvalue weighted by Gasteiger charge is 2.25. The summed E-state index contributed by atoms with van der Waals surface area (Å²) in [6, 6.07) is 0. The third kappa shape index (κ3) is 1.98. The quantitative estimate of drug-likeness (QED) is 0.468. The van der Waals surface area contributed by atoms with Gasteiger partial charge in [0.25, 0.3) is 0 Å². The molecule has 1 unspecified atom stereocenters. The molecule has 0 bridgehead atoms. The molecule has 9 heavy (non-hydrogen) atoms. The molecule has 0 aliphatic carbocycles. The van der Waals surface area contributed by atoms with E-state index in [1.165, 1.54) is 6.42 Å². The first-order valence-electron chi connectivity index (χ1n) is 3.73. The number of hydrogen-bond acceptors (Lipinski definition) is 0. The van der Waals surface area contributed by atoms with Crippen LogP contribution in [-0.4, -0.2) is 13.1 Å². The highest BCUT2D eigenvalue weighted by atomic mass is 14.9. The van der Waals surface area contributed by atoms with Crippen LogP contribution in [0.5, 0.6) is 0 Å². The molecule has 1 heteroatoms. The Bertz CT molecular complexity index is 96.7. The maximum atomic E-state index is 4.41. The van der Waals surface area contributed by atoms with Crippen molar-refractivity contribution < 1.29 is 0 Å². The molecular formula is C8H16N. The fourth-order valence-corrected chi connectivity index (χ4v) is 1.66. The van der Waals surface area contributed by atoms with Crippen molar-refractivity contribution in [2.75, 3.05) is 13.1 Å². The minimum absolute atomic E-state index is 0.484. The molecule has 0 aromatic heterocycles. The largest absolute Gasteiger partial charge is 0.241 e. The molecule has 0 saturated carbocycles. The minimum atomic E-state index is 0.484. The smallest absolute Gasteiger partial charge is 0.0184 e. The van der Waals surface area contributed by atoms with Gasteiger partial charge in [0.05, 0.1) is 0 Å². The van der Waals surface area contributed by atoms with E-state index in [0.717, 1.165) is 19.0 Å². The molecule has 0 N–H and O–H groups in total. The molecule has 53 valence electrons. The van der Waals surface area contributed by atoms with Crippen molar-refractivity contribution in [3.05, 3.63) is 0 Å². The molecular weight excluding hydrogens is 110 g/mol. The molecule has 0 amide bonds. The summed E-state index contributed by atoms with van der Waals surface area (Å²) < 4.78 is 0. The number of piperidine rings is 1. The van der Waals surface area contributed by atoms with Gasteiger partial charge in [-0.15, -0.1) is 0 Å². The topological polar surface area (TPSA) is 14.1 Å². The summed E-state index contributed by atoms with van der Waals surface area (Å²) in [6.45, 7) is 9.03. The summed E-state index contributed by atoms with van der Waals surface area (Å²) in [5, 5.41) is 4.41. The first-order valence-corrected chi connectivity index (χ1v) is 3.73. The maximum Gasteiger partial charge on any atom is 0.0184 e. The zero-order valence-corrected chi connectivity index (χ0v) is 6.65. The first kappa shape index (κ1) is 7.07. The Morgan fingerprint density at radius 1 is 1.44 bits per heavy atom. The Hall–Kier alpha value is -0.0400. The summed E-state index contributed by atoms with van der Waals surface area (Å²) >= 11 is 0. The molecule has 1 aliphatic rings. The van der Waals surface area contributed by atoms with Crippen LogP contribution in [0.2, 0.25) is 0 Å². The van der Waals surface area contributed by atoms with Crippen molar-refractivity contribution in [2.24, 2.45) is 11.3 Å². The fraction of sp³-hybridized carbons (Fsp3) is 1.00. The van der Waals surface area contributed by atoms with Crippen LogP contribution >= 0.6 is 0 Å². The van der Waals surface area contributed by atoms with Gasteiger partial charge < -0.3 is 0 Å². The third-order valence-electron chi connectivity index (χ3n) is 1.88. The Balaban J connectivity index is 2.41. The van der Waals surface area contributed by atoms with Crippen LogP contribution < -0.4 is 5.32 Å². The van der Waals surface area contributed by atoms with Crippen molar-refractivity contribution in [2.45, 2.75) is 27.2 Å². The Kier molecular flexibility index (Phi) is 1.80. The Labute approximate surface area is 57.8 Å². The normalized spacial score (nSPS) is 34.3. The molecule has 1 rings (SSSR count). The lowest BCUT2D eigenvalue weighted by Gasteiger charge is -2.32. The van der Waals surface area contributed by atoms with Gasteiger partial charge in [0.1, 0.15) is 0 Å². The van der Waals surface area contributed by atoms with Crippen molar-refractivity contribution in [1.82, 2.24) is 5.32 Å². The second-order valence-electron chi connectivity index (χ2n) is 4.04. The van der Waals surface area contributed by atoms with E-state index in [4.69, 9.17) is 0 Å². The van der Waals surface area contributed by atoms with Gasteiger partial charge in [0, 0.05) is 13.1 Å². The lowest BCUT2D eigenvalue weighted by atomic mass is 9.80. The van der Waals surface area contributed by atoms with Crippen LogP contribution in [0.1, 0.15) is 27.2 Å². The van der Waals surface area contributed by atoms with Crippen molar-refractivity contribution >= 4 is 0 Å². The zero-order valence-electron chi connectivity index (χ0n) is 6.65. The van der Waals surface area contributed by atoms with Crippen molar-refractivity contribution in [1.29, 1.82) is 0 Å². The zero-order chi connectivity index (χ0) is 6.91. The number of rotatable bonds is 0. The molecule has 1 atom stereocenters. The fourth-order valence-electron chi connectivity index (χ4n) is 1.66. The average Bonchev–Trinajstić information content (AvgIpc) is 1.60. The average molecular weight is 126 g/mol. The van der Waals surface area contributed by atoms with Crippen molar-refractivity contribution in [3.8, 4) is 0 Å². The van der Waals surface area contributed by atoms with Gasteiger partial charge in [-0.2, -0.15) is 0 Å². The van der Waals surface area contributed by atoms with E-state index in [1.54, 1.807) is 0 Å². The molecule has 0 aromatic carbocycles. The van der Waals surface area contributed by atoms with Crippen LogP contribution in [0.3, 0.4) is 0 Å². The molecule has 1 fully saturated rings. The second-order valence-corrected chi connectivity index (χ2v) is 4.04. The molecule has 0 spiro atoms. The molecule has 0 aromatic rings.